The third-order valence-electron chi connectivity index (χ3n) is 4.93. The van der Waals surface area contributed by atoms with Crippen LogP contribution in [0.25, 0.3) is 0 Å². The molecule has 0 aromatic carbocycles. The van der Waals surface area contributed by atoms with E-state index in [0.717, 1.165) is 50.3 Å². The number of carbonyl (C=O) groups is 1. The monoisotopic (exact) mass is 372 g/mol. The smallest absolute Gasteiger partial charge is 0.317 e. The van der Waals surface area contributed by atoms with E-state index in [2.05, 4.69) is 32.7 Å². The number of pyridine rings is 1. The van der Waals surface area contributed by atoms with Crippen molar-refractivity contribution in [1.29, 1.82) is 0 Å². The van der Waals surface area contributed by atoms with E-state index in [9.17, 15) is 4.79 Å². The summed E-state index contributed by atoms with van der Waals surface area (Å²) in [7, 11) is 1.82. The lowest BCUT2D eigenvalue weighted by Crippen LogP contribution is -2.42. The fourth-order valence-electron chi connectivity index (χ4n) is 3.24. The van der Waals surface area contributed by atoms with Gasteiger partial charge >= 0.3 is 6.03 Å². The highest BCUT2D eigenvalue weighted by atomic mass is 32.1. The van der Waals surface area contributed by atoms with Gasteiger partial charge in [0.2, 0.25) is 0 Å². The van der Waals surface area contributed by atoms with Crippen LogP contribution in [0.1, 0.15) is 29.0 Å². The largest absolute Gasteiger partial charge is 0.338 e. The number of nitrogens with one attached hydrogen (secondary N) is 1. The standard InChI is InChI=1S/C20H28N4OS/c1-16-5-6-18(21-12-16)14-23(2)20(25)22-13-17-7-9-24(10-8-17)15-19-4-3-11-26-19/h3-6,11-12,17H,7-10,13-15H2,1-2H3,(H,22,25). The van der Waals surface area contributed by atoms with Gasteiger partial charge in [-0.25, -0.2) is 4.79 Å². The Labute approximate surface area is 160 Å². The Balaban J connectivity index is 1.36. The number of hydrogen-bond acceptors (Lipinski definition) is 4. The first kappa shape index (κ1) is 18.9. The van der Waals surface area contributed by atoms with Crippen LogP contribution in [0.5, 0.6) is 0 Å². The quantitative estimate of drug-likeness (QED) is 0.844. The number of piperidine rings is 1. The molecule has 0 bridgehead atoms. The molecule has 0 spiro atoms. The molecule has 3 rings (SSSR count). The Morgan fingerprint density at radius 3 is 2.81 bits per heavy atom. The van der Waals surface area contributed by atoms with Crippen LogP contribution >= 0.6 is 11.3 Å². The highest BCUT2D eigenvalue weighted by molar-refractivity contribution is 7.09. The lowest BCUT2D eigenvalue weighted by Gasteiger charge is -2.32. The molecular weight excluding hydrogens is 344 g/mol. The zero-order valence-corrected chi connectivity index (χ0v) is 16.5. The van der Waals surface area contributed by atoms with E-state index in [1.165, 1.54) is 4.88 Å². The van der Waals surface area contributed by atoms with Gasteiger partial charge < -0.3 is 10.2 Å². The van der Waals surface area contributed by atoms with E-state index in [1.54, 1.807) is 4.90 Å². The fraction of sp³-hybridized carbons (Fsp3) is 0.500. The highest BCUT2D eigenvalue weighted by Crippen LogP contribution is 2.20. The average molecular weight is 373 g/mol. The number of rotatable bonds is 6. The Morgan fingerprint density at radius 2 is 2.15 bits per heavy atom. The Morgan fingerprint density at radius 1 is 1.35 bits per heavy atom. The summed E-state index contributed by atoms with van der Waals surface area (Å²) in [6.45, 7) is 6.59. The molecule has 2 amide bonds. The topological polar surface area (TPSA) is 48.5 Å². The minimum atomic E-state index is -0.0200. The van der Waals surface area contributed by atoms with Gasteiger partial charge in [0.15, 0.2) is 0 Å². The molecule has 2 aromatic heterocycles. The van der Waals surface area contributed by atoms with Gasteiger partial charge in [0.1, 0.15) is 0 Å². The van der Waals surface area contributed by atoms with Crippen LogP contribution in [0, 0.1) is 12.8 Å². The molecule has 1 N–H and O–H groups in total. The molecular formula is C20H28N4OS. The SMILES string of the molecule is Cc1ccc(CN(C)C(=O)NCC2CCN(Cc3cccs3)CC2)nc1. The molecule has 1 fully saturated rings. The number of urea groups is 1. The van der Waals surface area contributed by atoms with Crippen LogP contribution in [0.2, 0.25) is 0 Å². The number of likely N-dealkylation sites (tertiary alicyclic amines) is 1. The van der Waals surface area contributed by atoms with Gasteiger partial charge in [0.05, 0.1) is 12.2 Å². The highest BCUT2D eigenvalue weighted by Gasteiger charge is 2.20. The number of thiophene rings is 1. The molecule has 3 heterocycles. The maximum absolute atomic E-state index is 12.3. The third-order valence-corrected chi connectivity index (χ3v) is 5.79. The summed E-state index contributed by atoms with van der Waals surface area (Å²) in [4.78, 5) is 22.3. The molecule has 0 aliphatic carbocycles. The van der Waals surface area contributed by atoms with E-state index in [-0.39, 0.29) is 6.03 Å². The lowest BCUT2D eigenvalue weighted by atomic mass is 9.97. The van der Waals surface area contributed by atoms with Crippen LogP contribution in [-0.2, 0) is 13.1 Å². The van der Waals surface area contributed by atoms with Crippen LogP contribution in [0.3, 0.4) is 0 Å². The Bertz CT molecular complexity index is 678. The van der Waals surface area contributed by atoms with E-state index in [1.807, 2.05) is 43.6 Å². The van der Waals surface area contributed by atoms with Crippen molar-refractivity contribution in [2.75, 3.05) is 26.7 Å². The predicted molar refractivity (Wildman–Crippen MR) is 106 cm³/mol. The molecule has 2 aromatic rings. The zero-order chi connectivity index (χ0) is 18.4. The van der Waals surface area contributed by atoms with Crippen molar-refractivity contribution in [3.63, 3.8) is 0 Å². The number of aromatic nitrogens is 1. The summed E-state index contributed by atoms with van der Waals surface area (Å²) < 4.78 is 0. The third kappa shape index (κ3) is 5.54. The van der Waals surface area contributed by atoms with Gasteiger partial charge in [-0.1, -0.05) is 12.1 Å². The molecule has 1 saturated heterocycles. The van der Waals surface area contributed by atoms with Gasteiger partial charge in [-0.05, 0) is 61.8 Å². The average Bonchev–Trinajstić information content (AvgIpc) is 3.16. The first-order valence-electron chi connectivity index (χ1n) is 9.25. The molecule has 0 radical (unpaired) electrons. The Hall–Kier alpha value is -1.92. The van der Waals surface area contributed by atoms with Gasteiger partial charge in [0, 0.05) is 31.2 Å². The van der Waals surface area contributed by atoms with Gasteiger partial charge in [0.25, 0.3) is 0 Å². The second kappa shape index (κ2) is 9.14. The summed E-state index contributed by atoms with van der Waals surface area (Å²) >= 11 is 1.83. The first-order valence-corrected chi connectivity index (χ1v) is 10.1. The Kier molecular flexibility index (Phi) is 6.63. The number of aryl methyl sites for hydroxylation is 1. The molecule has 5 nitrogen and oxygen atoms in total. The van der Waals surface area contributed by atoms with E-state index >= 15 is 0 Å². The lowest BCUT2D eigenvalue weighted by molar-refractivity contribution is 0.171. The summed E-state index contributed by atoms with van der Waals surface area (Å²) in [5.41, 5.74) is 2.04. The predicted octanol–water partition coefficient (Wildman–Crippen LogP) is 3.51. The van der Waals surface area contributed by atoms with Crippen molar-refractivity contribution < 1.29 is 4.79 Å². The van der Waals surface area contributed by atoms with Gasteiger partial charge in [-0.3, -0.25) is 9.88 Å². The van der Waals surface area contributed by atoms with Crippen molar-refractivity contribution in [2.45, 2.75) is 32.9 Å². The van der Waals surface area contributed by atoms with Crippen molar-refractivity contribution >= 4 is 17.4 Å². The van der Waals surface area contributed by atoms with Crippen molar-refractivity contribution in [1.82, 2.24) is 20.1 Å². The summed E-state index contributed by atoms with van der Waals surface area (Å²) in [5, 5.41) is 5.23. The van der Waals surface area contributed by atoms with Gasteiger partial charge in [-0.2, -0.15) is 0 Å². The fourth-order valence-corrected chi connectivity index (χ4v) is 3.99. The molecule has 0 saturated carbocycles. The van der Waals surface area contributed by atoms with Crippen molar-refractivity contribution in [3.05, 3.63) is 52.0 Å². The minimum absolute atomic E-state index is 0.0200. The number of carbonyl (C=O) groups excluding carboxylic acids is 1. The summed E-state index contributed by atoms with van der Waals surface area (Å²) in [6.07, 6.45) is 4.13. The van der Waals surface area contributed by atoms with E-state index in [4.69, 9.17) is 0 Å². The second-order valence-electron chi connectivity index (χ2n) is 7.17. The molecule has 0 unspecified atom stereocenters. The zero-order valence-electron chi connectivity index (χ0n) is 15.6. The molecule has 1 aliphatic rings. The maximum Gasteiger partial charge on any atom is 0.317 e. The van der Waals surface area contributed by atoms with Crippen LogP contribution < -0.4 is 5.32 Å². The molecule has 1 aliphatic heterocycles. The van der Waals surface area contributed by atoms with Crippen LogP contribution in [0.15, 0.2) is 35.8 Å². The van der Waals surface area contributed by atoms with Crippen LogP contribution in [0.4, 0.5) is 4.79 Å². The minimum Gasteiger partial charge on any atom is -0.338 e. The number of nitrogens with zero attached hydrogens (tertiary/aromatic N) is 3. The van der Waals surface area contributed by atoms with Crippen LogP contribution in [-0.4, -0.2) is 47.5 Å². The van der Waals surface area contributed by atoms with E-state index in [0.29, 0.717) is 12.5 Å². The normalized spacial score (nSPS) is 15.8. The first-order chi connectivity index (χ1) is 12.6. The van der Waals surface area contributed by atoms with Crippen molar-refractivity contribution in [2.24, 2.45) is 5.92 Å². The maximum atomic E-state index is 12.3. The van der Waals surface area contributed by atoms with Gasteiger partial charge in [-0.15, -0.1) is 11.3 Å². The molecule has 140 valence electrons. The second-order valence-corrected chi connectivity index (χ2v) is 8.20. The van der Waals surface area contributed by atoms with Crippen molar-refractivity contribution in [3.8, 4) is 0 Å². The summed E-state index contributed by atoms with van der Waals surface area (Å²) in [5.74, 6) is 0.574. The number of hydrogen-bond donors (Lipinski definition) is 1. The van der Waals surface area contributed by atoms with E-state index < -0.39 is 0 Å². The molecule has 26 heavy (non-hydrogen) atoms. The number of amides is 2. The molecule has 0 atom stereocenters. The summed E-state index contributed by atoms with van der Waals surface area (Å²) in [6, 6.07) is 8.30. The molecule has 6 heteroatoms.